The predicted octanol–water partition coefficient (Wildman–Crippen LogP) is 4.02. The average molecular weight is 341 g/mol. The molecule has 0 spiro atoms. The molecule has 0 aliphatic heterocycles. The summed E-state index contributed by atoms with van der Waals surface area (Å²) in [5.41, 5.74) is 1.59. The van der Waals surface area contributed by atoms with Crippen LogP contribution in [0.25, 0.3) is 0 Å². The van der Waals surface area contributed by atoms with Crippen LogP contribution in [0, 0.1) is 11.6 Å². The molecular formula is C15H15BrF2N2. The van der Waals surface area contributed by atoms with Gasteiger partial charge in [-0.2, -0.15) is 0 Å². The molecule has 0 fully saturated rings. The summed E-state index contributed by atoms with van der Waals surface area (Å²) in [4.78, 5) is 3.87. The van der Waals surface area contributed by atoms with Crippen LogP contribution < -0.4 is 5.32 Å². The van der Waals surface area contributed by atoms with E-state index < -0.39 is 0 Å². The highest BCUT2D eigenvalue weighted by atomic mass is 79.9. The lowest BCUT2D eigenvalue weighted by atomic mass is 10.00. The van der Waals surface area contributed by atoms with Crippen molar-refractivity contribution in [2.75, 3.05) is 6.54 Å². The molecule has 0 saturated heterocycles. The minimum absolute atomic E-state index is 0.110. The van der Waals surface area contributed by atoms with Gasteiger partial charge in [0, 0.05) is 12.2 Å². The summed E-state index contributed by atoms with van der Waals surface area (Å²) in [6.45, 7) is 2.70. The quantitative estimate of drug-likeness (QED) is 0.889. The van der Waals surface area contributed by atoms with Gasteiger partial charge in [-0.15, -0.1) is 0 Å². The first kappa shape index (κ1) is 15.1. The fraction of sp³-hybridized carbons (Fsp3) is 0.267. The van der Waals surface area contributed by atoms with Gasteiger partial charge in [-0.3, -0.25) is 4.98 Å². The number of halogens is 3. The van der Waals surface area contributed by atoms with Crippen LogP contribution >= 0.6 is 15.9 Å². The molecule has 1 atom stereocenters. The van der Waals surface area contributed by atoms with Crippen molar-refractivity contribution in [2.24, 2.45) is 0 Å². The Balaban J connectivity index is 2.28. The Bertz CT molecular complexity index is 590. The van der Waals surface area contributed by atoms with E-state index in [0.717, 1.165) is 17.7 Å². The average Bonchev–Trinajstić information content (AvgIpc) is 2.43. The summed E-state index contributed by atoms with van der Waals surface area (Å²) in [6, 6.07) is 6.26. The van der Waals surface area contributed by atoms with E-state index in [-0.39, 0.29) is 17.7 Å². The van der Waals surface area contributed by atoms with Crippen LogP contribution in [0.4, 0.5) is 8.78 Å². The minimum atomic E-state index is -0.372. The van der Waals surface area contributed by atoms with Crippen LogP contribution in [0.2, 0.25) is 0 Å². The van der Waals surface area contributed by atoms with Gasteiger partial charge >= 0.3 is 0 Å². The zero-order valence-corrected chi connectivity index (χ0v) is 12.6. The summed E-state index contributed by atoms with van der Waals surface area (Å²) in [5.74, 6) is -0.668. The highest BCUT2D eigenvalue weighted by Crippen LogP contribution is 2.26. The number of likely N-dealkylation sites (N-methyl/N-ethyl adjacent to an activating group) is 1. The highest BCUT2D eigenvalue weighted by Gasteiger charge is 2.15. The van der Waals surface area contributed by atoms with Gasteiger partial charge in [0.25, 0.3) is 0 Å². The third kappa shape index (κ3) is 3.61. The third-order valence-corrected chi connectivity index (χ3v) is 3.92. The number of rotatable bonds is 5. The Kier molecular flexibility index (Phi) is 5.20. The maximum absolute atomic E-state index is 13.5. The molecule has 0 aliphatic carbocycles. The highest BCUT2D eigenvalue weighted by molar-refractivity contribution is 9.10. The van der Waals surface area contributed by atoms with Crippen molar-refractivity contribution in [3.63, 3.8) is 0 Å². The van der Waals surface area contributed by atoms with E-state index in [4.69, 9.17) is 0 Å². The second-order valence-corrected chi connectivity index (χ2v) is 5.26. The molecule has 1 unspecified atom stereocenters. The molecule has 1 aromatic heterocycles. The van der Waals surface area contributed by atoms with Crippen molar-refractivity contribution in [1.82, 2.24) is 10.3 Å². The zero-order chi connectivity index (χ0) is 14.5. The van der Waals surface area contributed by atoms with E-state index in [0.29, 0.717) is 10.9 Å². The van der Waals surface area contributed by atoms with Gasteiger partial charge in [-0.1, -0.05) is 19.1 Å². The van der Waals surface area contributed by atoms with Gasteiger partial charge in [0.1, 0.15) is 11.6 Å². The topological polar surface area (TPSA) is 24.9 Å². The van der Waals surface area contributed by atoms with Gasteiger partial charge < -0.3 is 5.32 Å². The van der Waals surface area contributed by atoms with E-state index >= 15 is 0 Å². The van der Waals surface area contributed by atoms with Crippen molar-refractivity contribution in [2.45, 2.75) is 19.4 Å². The molecule has 0 radical (unpaired) electrons. The van der Waals surface area contributed by atoms with Crippen molar-refractivity contribution < 1.29 is 8.78 Å². The number of nitrogens with one attached hydrogen (secondary N) is 1. The minimum Gasteiger partial charge on any atom is -0.310 e. The smallest absolute Gasteiger partial charge is 0.141 e. The zero-order valence-electron chi connectivity index (χ0n) is 11.0. The summed E-state index contributed by atoms with van der Waals surface area (Å²) in [5, 5.41) is 3.27. The number of benzene rings is 1. The predicted molar refractivity (Wildman–Crippen MR) is 78.4 cm³/mol. The maximum Gasteiger partial charge on any atom is 0.141 e. The largest absolute Gasteiger partial charge is 0.310 e. The van der Waals surface area contributed by atoms with Gasteiger partial charge in [0.2, 0.25) is 0 Å². The molecule has 0 amide bonds. The Morgan fingerprint density at radius 2 is 2.10 bits per heavy atom. The van der Waals surface area contributed by atoms with Gasteiger partial charge in [-0.05, 0) is 52.2 Å². The monoisotopic (exact) mass is 340 g/mol. The molecule has 106 valence electrons. The number of nitrogens with zero attached hydrogens (tertiary/aromatic N) is 1. The molecular weight excluding hydrogens is 326 g/mol. The second-order valence-electron chi connectivity index (χ2n) is 4.46. The van der Waals surface area contributed by atoms with E-state index in [1.807, 2.05) is 13.0 Å². The van der Waals surface area contributed by atoms with Crippen molar-refractivity contribution >= 4 is 15.9 Å². The van der Waals surface area contributed by atoms with Crippen LogP contribution in [0.1, 0.15) is 24.1 Å². The Hall–Kier alpha value is -1.33. The molecule has 20 heavy (non-hydrogen) atoms. The summed E-state index contributed by atoms with van der Waals surface area (Å²) >= 11 is 3.25. The maximum atomic E-state index is 13.5. The number of pyridine rings is 1. The van der Waals surface area contributed by atoms with E-state index in [2.05, 4.69) is 26.2 Å². The van der Waals surface area contributed by atoms with Crippen LogP contribution in [0.15, 0.2) is 41.1 Å². The molecule has 1 N–H and O–H groups in total. The molecule has 2 aromatic rings. The van der Waals surface area contributed by atoms with Gasteiger partial charge in [0.15, 0.2) is 0 Å². The summed E-state index contributed by atoms with van der Waals surface area (Å²) in [6.07, 6.45) is 3.35. The van der Waals surface area contributed by atoms with Crippen molar-refractivity contribution in [3.05, 3.63) is 63.9 Å². The lowest BCUT2D eigenvalue weighted by Gasteiger charge is -2.19. The lowest BCUT2D eigenvalue weighted by Crippen LogP contribution is -2.23. The van der Waals surface area contributed by atoms with E-state index in [9.17, 15) is 8.78 Å². The fourth-order valence-corrected chi connectivity index (χ4v) is 2.53. The van der Waals surface area contributed by atoms with Crippen molar-refractivity contribution in [3.8, 4) is 0 Å². The Morgan fingerprint density at radius 3 is 2.80 bits per heavy atom. The van der Waals surface area contributed by atoms with E-state index in [1.165, 1.54) is 18.3 Å². The molecule has 0 saturated carbocycles. The lowest BCUT2D eigenvalue weighted by molar-refractivity contribution is 0.535. The molecule has 1 aromatic carbocycles. The normalized spacial score (nSPS) is 12.4. The molecule has 0 bridgehead atoms. The SMILES string of the molecule is CCNC(Cc1cccc(F)c1Br)c1cncc(F)c1. The Labute approximate surface area is 125 Å². The number of hydrogen-bond donors (Lipinski definition) is 1. The van der Waals surface area contributed by atoms with Crippen LogP contribution in [-0.4, -0.2) is 11.5 Å². The van der Waals surface area contributed by atoms with Crippen LogP contribution in [0.3, 0.4) is 0 Å². The first-order valence-electron chi connectivity index (χ1n) is 6.38. The van der Waals surface area contributed by atoms with Gasteiger partial charge in [-0.25, -0.2) is 8.78 Å². The molecule has 2 nitrogen and oxygen atoms in total. The molecule has 2 rings (SSSR count). The third-order valence-electron chi connectivity index (χ3n) is 3.03. The summed E-state index contributed by atoms with van der Waals surface area (Å²) < 4.78 is 27.3. The fourth-order valence-electron chi connectivity index (χ4n) is 2.10. The van der Waals surface area contributed by atoms with E-state index in [1.54, 1.807) is 12.3 Å². The number of aromatic nitrogens is 1. The second kappa shape index (κ2) is 6.90. The van der Waals surface area contributed by atoms with Crippen molar-refractivity contribution in [1.29, 1.82) is 0 Å². The standard InChI is InChI=1S/C15H15BrF2N2/c1-2-20-14(11-6-12(17)9-19-8-11)7-10-4-3-5-13(18)15(10)16/h3-6,8-9,14,20H,2,7H2,1H3. The molecule has 0 aliphatic rings. The Morgan fingerprint density at radius 1 is 1.30 bits per heavy atom. The van der Waals surface area contributed by atoms with Gasteiger partial charge in [0.05, 0.1) is 10.7 Å². The first-order chi connectivity index (χ1) is 9.61. The summed E-state index contributed by atoms with van der Waals surface area (Å²) in [7, 11) is 0. The van der Waals surface area contributed by atoms with Crippen LogP contribution in [-0.2, 0) is 6.42 Å². The molecule has 1 heterocycles. The number of hydrogen-bond acceptors (Lipinski definition) is 2. The molecule has 5 heteroatoms. The first-order valence-corrected chi connectivity index (χ1v) is 7.17. The van der Waals surface area contributed by atoms with Crippen LogP contribution in [0.5, 0.6) is 0 Å².